The third-order valence-corrected chi connectivity index (χ3v) is 3.27. The molecule has 1 N–H and O–H groups in total. The molecule has 0 radical (unpaired) electrons. The fourth-order valence-corrected chi connectivity index (χ4v) is 2.22. The number of benzene rings is 2. The predicted octanol–water partition coefficient (Wildman–Crippen LogP) is 3.70. The zero-order chi connectivity index (χ0) is 13.8. The highest BCUT2D eigenvalue weighted by Crippen LogP contribution is 2.21. The molecule has 1 heterocycles. The van der Waals surface area contributed by atoms with Gasteiger partial charge in [0, 0.05) is 19.7 Å². The summed E-state index contributed by atoms with van der Waals surface area (Å²) in [6.45, 7) is 0.784. The van der Waals surface area contributed by atoms with Crippen molar-refractivity contribution in [3.05, 3.63) is 72.3 Å². The van der Waals surface area contributed by atoms with Crippen molar-refractivity contribution in [3.8, 4) is 11.3 Å². The van der Waals surface area contributed by atoms with Crippen molar-refractivity contribution in [1.82, 2.24) is 9.78 Å². The Labute approximate surface area is 118 Å². The summed E-state index contributed by atoms with van der Waals surface area (Å²) in [7, 11) is 1.97. The molecule has 3 rings (SSSR count). The Morgan fingerprint density at radius 2 is 1.60 bits per heavy atom. The van der Waals surface area contributed by atoms with Crippen LogP contribution in [0.25, 0.3) is 11.3 Å². The van der Waals surface area contributed by atoms with E-state index in [-0.39, 0.29) is 0 Å². The second-order valence-electron chi connectivity index (χ2n) is 4.74. The lowest BCUT2D eigenvalue weighted by Crippen LogP contribution is -2.00. The average molecular weight is 263 g/mol. The molecule has 0 bridgehead atoms. The topological polar surface area (TPSA) is 29.9 Å². The lowest BCUT2D eigenvalue weighted by atomic mass is 10.1. The molecule has 2 aromatic carbocycles. The quantitative estimate of drug-likeness (QED) is 0.778. The van der Waals surface area contributed by atoms with Gasteiger partial charge in [-0.1, -0.05) is 60.7 Å². The van der Waals surface area contributed by atoms with Crippen molar-refractivity contribution < 1.29 is 0 Å². The molecule has 0 unspecified atom stereocenters. The average Bonchev–Trinajstić information content (AvgIpc) is 2.88. The largest absolute Gasteiger partial charge is 0.365 e. The third-order valence-electron chi connectivity index (χ3n) is 3.27. The molecule has 0 aliphatic heterocycles. The van der Waals surface area contributed by atoms with Gasteiger partial charge < -0.3 is 5.32 Å². The second-order valence-corrected chi connectivity index (χ2v) is 4.74. The van der Waals surface area contributed by atoms with Crippen LogP contribution in [0.5, 0.6) is 0 Å². The van der Waals surface area contributed by atoms with Crippen LogP contribution in [0.1, 0.15) is 5.56 Å². The van der Waals surface area contributed by atoms with E-state index in [0.717, 1.165) is 18.1 Å². The highest BCUT2D eigenvalue weighted by Gasteiger charge is 2.06. The Morgan fingerprint density at radius 3 is 2.30 bits per heavy atom. The summed E-state index contributed by atoms with van der Waals surface area (Å²) in [5.74, 6) is 0.898. The maximum Gasteiger partial charge on any atom is 0.148 e. The van der Waals surface area contributed by atoms with Crippen LogP contribution in [0.2, 0.25) is 0 Å². The van der Waals surface area contributed by atoms with E-state index >= 15 is 0 Å². The van der Waals surface area contributed by atoms with Gasteiger partial charge in [-0.2, -0.15) is 5.10 Å². The number of hydrogen-bond acceptors (Lipinski definition) is 2. The van der Waals surface area contributed by atoms with E-state index in [1.54, 1.807) is 0 Å². The molecule has 0 spiro atoms. The fraction of sp³-hybridized carbons (Fsp3) is 0.118. The van der Waals surface area contributed by atoms with Gasteiger partial charge in [0.05, 0.1) is 5.69 Å². The Hall–Kier alpha value is -2.55. The van der Waals surface area contributed by atoms with Crippen molar-refractivity contribution in [3.63, 3.8) is 0 Å². The Morgan fingerprint density at radius 1 is 0.950 bits per heavy atom. The van der Waals surface area contributed by atoms with Gasteiger partial charge in [0.15, 0.2) is 0 Å². The number of nitrogens with zero attached hydrogens (tertiary/aromatic N) is 2. The van der Waals surface area contributed by atoms with E-state index in [1.807, 2.05) is 48.1 Å². The molecule has 0 aliphatic rings. The number of anilines is 1. The van der Waals surface area contributed by atoms with Gasteiger partial charge in [0.1, 0.15) is 5.82 Å². The van der Waals surface area contributed by atoms with Gasteiger partial charge in [-0.25, -0.2) is 0 Å². The molecule has 0 fully saturated rings. The van der Waals surface area contributed by atoms with Crippen LogP contribution in [-0.4, -0.2) is 9.78 Å². The summed E-state index contributed by atoms with van der Waals surface area (Å²) in [5, 5.41) is 7.87. The summed E-state index contributed by atoms with van der Waals surface area (Å²) in [6.07, 6.45) is 0. The smallest absolute Gasteiger partial charge is 0.148 e. The zero-order valence-electron chi connectivity index (χ0n) is 11.5. The van der Waals surface area contributed by atoms with E-state index in [0.29, 0.717) is 0 Å². The van der Waals surface area contributed by atoms with Crippen LogP contribution in [0.15, 0.2) is 66.7 Å². The van der Waals surface area contributed by atoms with Crippen LogP contribution in [0, 0.1) is 0 Å². The van der Waals surface area contributed by atoms with E-state index in [2.05, 4.69) is 40.7 Å². The van der Waals surface area contributed by atoms with E-state index in [4.69, 9.17) is 0 Å². The van der Waals surface area contributed by atoms with E-state index < -0.39 is 0 Å². The standard InChI is InChI=1S/C17H17N3/c1-20-16(15-10-6-3-7-11-15)12-17(19-20)18-13-14-8-4-2-5-9-14/h2-12H,13H2,1H3,(H,18,19). The first kappa shape index (κ1) is 12.5. The van der Waals surface area contributed by atoms with Gasteiger partial charge in [0.25, 0.3) is 0 Å². The maximum atomic E-state index is 4.51. The molecule has 100 valence electrons. The Balaban J connectivity index is 1.76. The molecule has 0 aliphatic carbocycles. The molecule has 0 saturated heterocycles. The number of aromatic nitrogens is 2. The van der Waals surface area contributed by atoms with E-state index in [9.17, 15) is 0 Å². The van der Waals surface area contributed by atoms with Crippen molar-refractivity contribution >= 4 is 5.82 Å². The number of aryl methyl sites for hydroxylation is 1. The number of nitrogens with one attached hydrogen (secondary N) is 1. The van der Waals surface area contributed by atoms with Crippen LogP contribution >= 0.6 is 0 Å². The van der Waals surface area contributed by atoms with Crippen LogP contribution in [0.4, 0.5) is 5.82 Å². The van der Waals surface area contributed by atoms with Crippen LogP contribution in [0.3, 0.4) is 0 Å². The summed E-state index contributed by atoms with van der Waals surface area (Å²) < 4.78 is 1.91. The minimum atomic E-state index is 0.784. The lowest BCUT2D eigenvalue weighted by molar-refractivity contribution is 0.776. The maximum absolute atomic E-state index is 4.51. The van der Waals surface area contributed by atoms with Crippen molar-refractivity contribution in [1.29, 1.82) is 0 Å². The minimum absolute atomic E-state index is 0.784. The highest BCUT2D eigenvalue weighted by molar-refractivity contribution is 5.63. The summed E-state index contributed by atoms with van der Waals surface area (Å²) >= 11 is 0. The number of hydrogen-bond donors (Lipinski definition) is 1. The van der Waals surface area contributed by atoms with Crippen molar-refractivity contribution in [2.24, 2.45) is 7.05 Å². The van der Waals surface area contributed by atoms with Crippen LogP contribution in [-0.2, 0) is 13.6 Å². The summed E-state index contributed by atoms with van der Waals surface area (Å²) in [6, 6.07) is 22.7. The summed E-state index contributed by atoms with van der Waals surface area (Å²) in [4.78, 5) is 0. The van der Waals surface area contributed by atoms with Gasteiger partial charge in [-0.3, -0.25) is 4.68 Å². The first-order chi connectivity index (χ1) is 9.83. The van der Waals surface area contributed by atoms with Gasteiger partial charge >= 0.3 is 0 Å². The Bertz CT molecular complexity index is 672. The molecular formula is C17H17N3. The van der Waals surface area contributed by atoms with Crippen molar-refractivity contribution in [2.75, 3.05) is 5.32 Å². The lowest BCUT2D eigenvalue weighted by Gasteiger charge is -2.01. The Kier molecular flexibility index (Phi) is 3.50. The molecular weight excluding hydrogens is 246 g/mol. The van der Waals surface area contributed by atoms with Crippen molar-refractivity contribution in [2.45, 2.75) is 6.54 Å². The second kappa shape index (κ2) is 5.61. The fourth-order valence-electron chi connectivity index (χ4n) is 2.22. The van der Waals surface area contributed by atoms with Gasteiger partial charge in [-0.15, -0.1) is 0 Å². The predicted molar refractivity (Wildman–Crippen MR) is 82.4 cm³/mol. The minimum Gasteiger partial charge on any atom is -0.365 e. The molecule has 0 saturated carbocycles. The molecule has 3 aromatic rings. The monoisotopic (exact) mass is 263 g/mol. The molecule has 20 heavy (non-hydrogen) atoms. The zero-order valence-corrected chi connectivity index (χ0v) is 11.5. The first-order valence-electron chi connectivity index (χ1n) is 6.70. The number of rotatable bonds is 4. The molecule has 3 heteroatoms. The van der Waals surface area contributed by atoms with Crippen LogP contribution < -0.4 is 5.32 Å². The molecule has 0 atom stereocenters. The first-order valence-corrected chi connectivity index (χ1v) is 6.70. The molecule has 1 aromatic heterocycles. The van der Waals surface area contributed by atoms with Gasteiger partial charge in [0.2, 0.25) is 0 Å². The van der Waals surface area contributed by atoms with E-state index in [1.165, 1.54) is 11.1 Å². The summed E-state index contributed by atoms with van der Waals surface area (Å²) in [5.41, 5.74) is 3.54. The normalized spacial score (nSPS) is 10.4. The third kappa shape index (κ3) is 2.72. The highest BCUT2D eigenvalue weighted by atomic mass is 15.3. The van der Waals surface area contributed by atoms with Gasteiger partial charge in [-0.05, 0) is 11.1 Å². The SMILES string of the molecule is Cn1nc(NCc2ccccc2)cc1-c1ccccc1. The molecule has 0 amide bonds. The molecule has 3 nitrogen and oxygen atoms in total.